The normalized spacial score (nSPS) is 13.3. The van der Waals surface area contributed by atoms with Crippen LogP contribution in [0.5, 0.6) is 5.75 Å². The van der Waals surface area contributed by atoms with Gasteiger partial charge >= 0.3 is 12.3 Å². The molecular weight excluding hydrogens is 419 g/mol. The first-order valence-electron chi connectivity index (χ1n) is 8.64. The van der Waals surface area contributed by atoms with Gasteiger partial charge < -0.3 is 15.2 Å². The van der Waals surface area contributed by atoms with Gasteiger partial charge in [0.1, 0.15) is 5.75 Å². The summed E-state index contributed by atoms with van der Waals surface area (Å²) in [5, 5.41) is 14.4. The molecule has 0 aliphatic heterocycles. The standard InChI is InChI=1S/C21H16F3NO4S/c1-20(19(27)28,15-5-3-2-4-6-15)18(26)25-17-11-14(12-30-17)13-7-9-16(10-8-13)29-21(22,23)24/h2-12H,1H3,(H,25,26)(H,27,28)/t20-/m1/s1. The minimum absolute atomic E-state index is 0.338. The Kier molecular flexibility index (Phi) is 5.84. The molecule has 1 heterocycles. The van der Waals surface area contributed by atoms with Crippen molar-refractivity contribution in [1.82, 2.24) is 0 Å². The number of hydrogen-bond donors (Lipinski definition) is 2. The number of nitrogens with one attached hydrogen (secondary N) is 1. The molecule has 0 fully saturated rings. The van der Waals surface area contributed by atoms with E-state index in [0.717, 1.165) is 0 Å². The molecule has 9 heteroatoms. The van der Waals surface area contributed by atoms with Gasteiger partial charge in [0.05, 0.1) is 5.00 Å². The van der Waals surface area contributed by atoms with E-state index in [4.69, 9.17) is 0 Å². The molecule has 30 heavy (non-hydrogen) atoms. The molecule has 0 aliphatic carbocycles. The molecule has 2 N–H and O–H groups in total. The summed E-state index contributed by atoms with van der Waals surface area (Å²) in [7, 11) is 0. The van der Waals surface area contributed by atoms with Gasteiger partial charge in [-0.15, -0.1) is 24.5 Å². The highest BCUT2D eigenvalue weighted by Crippen LogP contribution is 2.33. The smallest absolute Gasteiger partial charge is 0.480 e. The van der Waals surface area contributed by atoms with Crippen LogP contribution in [0.25, 0.3) is 11.1 Å². The summed E-state index contributed by atoms with van der Waals surface area (Å²) in [6.45, 7) is 1.33. The van der Waals surface area contributed by atoms with Crippen LogP contribution in [0.4, 0.5) is 18.2 Å². The van der Waals surface area contributed by atoms with Crippen molar-refractivity contribution in [1.29, 1.82) is 0 Å². The first-order chi connectivity index (χ1) is 14.1. The summed E-state index contributed by atoms with van der Waals surface area (Å²) in [5.41, 5.74) is -0.176. The van der Waals surface area contributed by atoms with Gasteiger partial charge in [-0.25, -0.2) is 0 Å². The molecule has 0 spiro atoms. The fraction of sp³-hybridized carbons (Fsp3) is 0.143. The molecule has 0 radical (unpaired) electrons. The van der Waals surface area contributed by atoms with Crippen molar-refractivity contribution in [2.45, 2.75) is 18.7 Å². The van der Waals surface area contributed by atoms with E-state index in [0.29, 0.717) is 21.7 Å². The highest BCUT2D eigenvalue weighted by atomic mass is 32.1. The number of anilines is 1. The molecule has 0 saturated heterocycles. The van der Waals surface area contributed by atoms with Gasteiger partial charge in [-0.1, -0.05) is 42.5 Å². The summed E-state index contributed by atoms with van der Waals surface area (Å²) >= 11 is 1.17. The minimum Gasteiger partial charge on any atom is -0.480 e. The SMILES string of the molecule is C[C@](C(=O)O)(C(=O)Nc1cc(-c2ccc(OC(F)(F)F)cc2)cs1)c1ccccc1. The fourth-order valence-electron chi connectivity index (χ4n) is 2.76. The highest BCUT2D eigenvalue weighted by molar-refractivity contribution is 7.14. The molecule has 0 aliphatic rings. The summed E-state index contributed by atoms with van der Waals surface area (Å²) in [5.74, 6) is -2.33. The Morgan fingerprint density at radius 2 is 1.63 bits per heavy atom. The molecule has 1 aromatic heterocycles. The lowest BCUT2D eigenvalue weighted by atomic mass is 9.81. The highest BCUT2D eigenvalue weighted by Gasteiger charge is 2.43. The topological polar surface area (TPSA) is 75.6 Å². The number of carboxylic acid groups (broad SMARTS) is 1. The van der Waals surface area contributed by atoms with Crippen molar-refractivity contribution in [2.24, 2.45) is 0 Å². The largest absolute Gasteiger partial charge is 0.573 e. The minimum atomic E-state index is -4.77. The van der Waals surface area contributed by atoms with E-state index in [-0.39, 0.29) is 5.75 Å². The lowest BCUT2D eigenvalue weighted by Gasteiger charge is -2.23. The first kappa shape index (κ1) is 21.4. The number of thiophene rings is 1. The molecule has 2 aromatic carbocycles. The number of carbonyl (C=O) groups excluding carboxylic acids is 1. The van der Waals surface area contributed by atoms with Crippen LogP contribution in [0.3, 0.4) is 0 Å². The zero-order chi connectivity index (χ0) is 21.9. The van der Waals surface area contributed by atoms with Crippen LogP contribution >= 0.6 is 11.3 Å². The molecule has 0 saturated carbocycles. The predicted octanol–water partition coefficient (Wildman–Crippen LogP) is 5.29. The van der Waals surface area contributed by atoms with Crippen LogP contribution in [0.15, 0.2) is 66.0 Å². The van der Waals surface area contributed by atoms with Crippen molar-refractivity contribution in [2.75, 3.05) is 5.32 Å². The van der Waals surface area contributed by atoms with E-state index < -0.39 is 23.7 Å². The van der Waals surface area contributed by atoms with Gasteiger partial charge in [0, 0.05) is 5.38 Å². The van der Waals surface area contributed by atoms with Crippen molar-refractivity contribution in [3.05, 3.63) is 71.6 Å². The number of ether oxygens (including phenoxy) is 1. The van der Waals surface area contributed by atoms with Gasteiger partial charge in [0.2, 0.25) is 5.91 Å². The van der Waals surface area contributed by atoms with E-state index >= 15 is 0 Å². The third-order valence-electron chi connectivity index (χ3n) is 4.49. The quantitative estimate of drug-likeness (QED) is 0.516. The average Bonchev–Trinajstić information content (AvgIpc) is 3.15. The van der Waals surface area contributed by atoms with Gasteiger partial charge in [-0.2, -0.15) is 0 Å². The molecular formula is C21H16F3NO4S. The number of benzene rings is 2. The Balaban J connectivity index is 1.78. The van der Waals surface area contributed by atoms with Gasteiger partial charge in [-0.05, 0) is 41.8 Å². The van der Waals surface area contributed by atoms with E-state index in [1.54, 1.807) is 41.8 Å². The summed E-state index contributed by atoms with van der Waals surface area (Å²) < 4.78 is 40.6. The maximum atomic E-state index is 12.8. The molecule has 1 atom stereocenters. The lowest BCUT2D eigenvalue weighted by Crippen LogP contribution is -2.44. The first-order valence-corrected chi connectivity index (χ1v) is 9.52. The molecule has 3 aromatic rings. The molecule has 156 valence electrons. The zero-order valence-electron chi connectivity index (χ0n) is 15.6. The van der Waals surface area contributed by atoms with E-state index in [9.17, 15) is 27.9 Å². The Morgan fingerprint density at radius 3 is 2.20 bits per heavy atom. The zero-order valence-corrected chi connectivity index (χ0v) is 16.4. The van der Waals surface area contributed by atoms with Gasteiger partial charge in [0.15, 0.2) is 5.41 Å². The van der Waals surface area contributed by atoms with Crippen LogP contribution < -0.4 is 10.1 Å². The molecule has 3 rings (SSSR count). The predicted molar refractivity (Wildman–Crippen MR) is 106 cm³/mol. The molecule has 1 amide bonds. The second kappa shape index (κ2) is 8.19. The summed E-state index contributed by atoms with van der Waals surface area (Å²) in [4.78, 5) is 24.7. The van der Waals surface area contributed by atoms with Crippen LogP contribution in [0.1, 0.15) is 12.5 Å². The Hall–Kier alpha value is -3.33. The van der Waals surface area contributed by atoms with Crippen molar-refractivity contribution in [3.8, 4) is 16.9 Å². The number of amides is 1. The van der Waals surface area contributed by atoms with E-state index in [2.05, 4.69) is 10.1 Å². The third kappa shape index (κ3) is 4.62. The second-order valence-electron chi connectivity index (χ2n) is 6.52. The van der Waals surface area contributed by atoms with Crippen molar-refractivity contribution in [3.63, 3.8) is 0 Å². The van der Waals surface area contributed by atoms with Gasteiger partial charge in [-0.3, -0.25) is 9.59 Å². The third-order valence-corrected chi connectivity index (χ3v) is 5.34. The number of aliphatic carboxylic acids is 1. The Bertz CT molecular complexity index is 1050. The maximum absolute atomic E-state index is 12.8. The molecule has 0 bridgehead atoms. The van der Waals surface area contributed by atoms with E-state index in [1.165, 1.54) is 42.5 Å². The Labute approximate surface area is 173 Å². The summed E-state index contributed by atoms with van der Waals surface area (Å²) in [6, 6.07) is 15.1. The lowest BCUT2D eigenvalue weighted by molar-refractivity contribution is -0.274. The number of carbonyl (C=O) groups is 2. The van der Waals surface area contributed by atoms with Crippen LogP contribution in [0.2, 0.25) is 0 Å². The number of carboxylic acids is 1. The maximum Gasteiger partial charge on any atom is 0.573 e. The number of halogens is 3. The number of hydrogen-bond acceptors (Lipinski definition) is 4. The Morgan fingerprint density at radius 1 is 1.00 bits per heavy atom. The fourth-order valence-corrected chi connectivity index (χ4v) is 3.57. The molecule has 5 nitrogen and oxygen atoms in total. The second-order valence-corrected chi connectivity index (χ2v) is 7.43. The van der Waals surface area contributed by atoms with Crippen molar-refractivity contribution >= 4 is 28.2 Å². The molecule has 0 unspecified atom stereocenters. The van der Waals surface area contributed by atoms with Crippen LogP contribution in [-0.2, 0) is 15.0 Å². The number of alkyl halides is 3. The summed E-state index contributed by atoms with van der Waals surface area (Å²) in [6.07, 6.45) is -4.77. The van der Waals surface area contributed by atoms with Gasteiger partial charge in [0.25, 0.3) is 0 Å². The number of rotatable bonds is 6. The van der Waals surface area contributed by atoms with Crippen LogP contribution in [0, 0.1) is 0 Å². The van der Waals surface area contributed by atoms with Crippen molar-refractivity contribution < 1.29 is 32.6 Å². The monoisotopic (exact) mass is 435 g/mol. The van der Waals surface area contributed by atoms with Crippen LogP contribution in [-0.4, -0.2) is 23.3 Å². The van der Waals surface area contributed by atoms with E-state index in [1.807, 2.05) is 0 Å². The average molecular weight is 435 g/mol.